The van der Waals surface area contributed by atoms with Gasteiger partial charge in [0.2, 0.25) is 0 Å². The highest BCUT2D eigenvalue weighted by Gasteiger charge is 2.30. The second-order valence-corrected chi connectivity index (χ2v) is 6.82. The van der Waals surface area contributed by atoms with Gasteiger partial charge in [-0.05, 0) is 53.6 Å². The third-order valence-electron chi connectivity index (χ3n) is 4.13. The van der Waals surface area contributed by atoms with Crippen LogP contribution in [0.1, 0.15) is 35.1 Å². The summed E-state index contributed by atoms with van der Waals surface area (Å²) in [5, 5.41) is 15.1. The van der Waals surface area contributed by atoms with Gasteiger partial charge in [-0.25, -0.2) is 4.98 Å². The van der Waals surface area contributed by atoms with Gasteiger partial charge in [0.1, 0.15) is 22.3 Å². The fourth-order valence-electron chi connectivity index (χ4n) is 2.66. The molecule has 3 aromatic rings. The zero-order chi connectivity index (χ0) is 19.0. The average molecular weight is 405 g/mol. The van der Waals surface area contributed by atoms with Crippen molar-refractivity contribution in [3.05, 3.63) is 52.0 Å². The molecular weight excluding hydrogens is 391 g/mol. The molecule has 0 atom stereocenters. The van der Waals surface area contributed by atoms with E-state index in [1.54, 1.807) is 30.0 Å². The standard InChI is InChI=1S/C17H14Cl2N6O2/c1-27-13-6-4-10(20-17(26)15-11(18)5-7-14(19)21-15)8-12(13)25-16(9-2-3-9)22-23-24-25/h4-9H,2-3H2,1H3,(H,20,26). The SMILES string of the molecule is COc1ccc(NC(=O)c2nc(Cl)ccc2Cl)cc1-n1nnnc1C1CC1. The lowest BCUT2D eigenvalue weighted by Crippen LogP contribution is -2.15. The number of aromatic nitrogens is 5. The van der Waals surface area contributed by atoms with Gasteiger partial charge in [0.15, 0.2) is 5.82 Å². The first-order chi connectivity index (χ1) is 13.1. The highest BCUT2D eigenvalue weighted by atomic mass is 35.5. The van der Waals surface area contributed by atoms with Crippen LogP contribution >= 0.6 is 23.2 Å². The molecule has 1 N–H and O–H groups in total. The summed E-state index contributed by atoms with van der Waals surface area (Å²) in [5.74, 6) is 1.23. The molecule has 0 unspecified atom stereocenters. The molecule has 0 aliphatic heterocycles. The largest absolute Gasteiger partial charge is 0.494 e. The van der Waals surface area contributed by atoms with Crippen LogP contribution in [0.3, 0.4) is 0 Å². The van der Waals surface area contributed by atoms with Crippen LogP contribution in [0.15, 0.2) is 30.3 Å². The summed E-state index contributed by atoms with van der Waals surface area (Å²) in [6.07, 6.45) is 2.11. The smallest absolute Gasteiger partial charge is 0.275 e. The van der Waals surface area contributed by atoms with E-state index in [0.717, 1.165) is 18.7 Å². The topological polar surface area (TPSA) is 94.8 Å². The molecule has 2 aromatic heterocycles. The fraction of sp³-hybridized carbons (Fsp3) is 0.235. The molecule has 10 heteroatoms. The lowest BCUT2D eigenvalue weighted by atomic mass is 10.2. The fourth-order valence-corrected chi connectivity index (χ4v) is 3.00. The van der Waals surface area contributed by atoms with Gasteiger partial charge in [-0.1, -0.05) is 23.2 Å². The number of methoxy groups -OCH3 is 1. The van der Waals surface area contributed by atoms with E-state index < -0.39 is 5.91 Å². The molecule has 138 valence electrons. The van der Waals surface area contributed by atoms with Crippen molar-refractivity contribution in [1.29, 1.82) is 0 Å². The molecule has 4 rings (SSSR count). The average Bonchev–Trinajstić information content (AvgIpc) is 3.40. The number of hydrogen-bond donors (Lipinski definition) is 1. The first-order valence-electron chi connectivity index (χ1n) is 8.17. The van der Waals surface area contributed by atoms with Crippen LogP contribution in [0.4, 0.5) is 5.69 Å². The van der Waals surface area contributed by atoms with Gasteiger partial charge >= 0.3 is 0 Å². The number of hydrogen-bond acceptors (Lipinski definition) is 6. The van der Waals surface area contributed by atoms with Gasteiger partial charge in [-0.15, -0.1) is 5.10 Å². The van der Waals surface area contributed by atoms with E-state index in [-0.39, 0.29) is 15.9 Å². The van der Waals surface area contributed by atoms with Crippen molar-refractivity contribution in [3.63, 3.8) is 0 Å². The lowest BCUT2D eigenvalue weighted by molar-refractivity contribution is 0.102. The van der Waals surface area contributed by atoms with E-state index in [0.29, 0.717) is 23.0 Å². The molecule has 1 aliphatic rings. The Labute approximate surface area is 164 Å². The first kappa shape index (κ1) is 17.7. The highest BCUT2D eigenvalue weighted by Crippen LogP contribution is 2.40. The number of rotatable bonds is 5. The second kappa shape index (κ2) is 7.13. The zero-order valence-electron chi connectivity index (χ0n) is 14.2. The summed E-state index contributed by atoms with van der Waals surface area (Å²) in [4.78, 5) is 16.5. The summed E-state index contributed by atoms with van der Waals surface area (Å²) in [5.41, 5.74) is 1.20. The molecule has 1 amide bonds. The van der Waals surface area contributed by atoms with E-state index in [1.165, 1.54) is 12.1 Å². The van der Waals surface area contributed by atoms with E-state index in [9.17, 15) is 4.79 Å². The van der Waals surface area contributed by atoms with Crippen molar-refractivity contribution >= 4 is 34.8 Å². The van der Waals surface area contributed by atoms with Gasteiger partial charge in [0.05, 0.1) is 12.1 Å². The molecule has 2 heterocycles. The van der Waals surface area contributed by atoms with Gasteiger partial charge in [-0.3, -0.25) is 4.79 Å². The Morgan fingerprint density at radius 3 is 2.81 bits per heavy atom. The summed E-state index contributed by atoms with van der Waals surface area (Å²) < 4.78 is 7.06. The van der Waals surface area contributed by atoms with Crippen molar-refractivity contribution in [2.45, 2.75) is 18.8 Å². The maximum atomic E-state index is 12.5. The number of carbonyl (C=O) groups excluding carboxylic acids is 1. The van der Waals surface area contributed by atoms with Gasteiger partial charge in [0.25, 0.3) is 5.91 Å². The quantitative estimate of drug-likeness (QED) is 0.653. The van der Waals surface area contributed by atoms with Gasteiger partial charge in [0, 0.05) is 11.6 Å². The molecule has 1 aliphatic carbocycles. The van der Waals surface area contributed by atoms with Crippen LogP contribution < -0.4 is 10.1 Å². The number of nitrogens with one attached hydrogen (secondary N) is 1. The predicted octanol–water partition coefficient (Wildman–Crippen LogP) is 3.50. The van der Waals surface area contributed by atoms with Crippen molar-refractivity contribution in [3.8, 4) is 11.4 Å². The third-order valence-corrected chi connectivity index (χ3v) is 4.64. The van der Waals surface area contributed by atoms with Crippen LogP contribution in [-0.2, 0) is 0 Å². The molecule has 0 bridgehead atoms. The van der Waals surface area contributed by atoms with Crippen LogP contribution in [0.2, 0.25) is 10.2 Å². The number of nitrogens with zero attached hydrogens (tertiary/aromatic N) is 5. The number of carbonyl (C=O) groups is 1. The van der Waals surface area contributed by atoms with Gasteiger partial charge < -0.3 is 10.1 Å². The Bertz CT molecular complexity index is 1020. The summed E-state index contributed by atoms with van der Waals surface area (Å²) in [6.45, 7) is 0. The number of benzene rings is 1. The molecule has 1 fully saturated rings. The highest BCUT2D eigenvalue weighted by molar-refractivity contribution is 6.35. The Morgan fingerprint density at radius 2 is 2.07 bits per heavy atom. The van der Waals surface area contributed by atoms with Crippen LogP contribution in [0.5, 0.6) is 5.75 Å². The number of ether oxygens (including phenoxy) is 1. The molecule has 1 aromatic carbocycles. The third kappa shape index (κ3) is 3.58. The predicted molar refractivity (Wildman–Crippen MR) is 99.9 cm³/mol. The van der Waals surface area contributed by atoms with E-state index in [1.807, 2.05) is 0 Å². The maximum Gasteiger partial charge on any atom is 0.275 e. The number of halogens is 2. The van der Waals surface area contributed by atoms with Gasteiger partial charge in [-0.2, -0.15) is 4.68 Å². The maximum absolute atomic E-state index is 12.5. The zero-order valence-corrected chi connectivity index (χ0v) is 15.7. The minimum Gasteiger partial charge on any atom is -0.494 e. The Kier molecular flexibility index (Phi) is 4.67. The van der Waals surface area contributed by atoms with Crippen LogP contribution in [-0.4, -0.2) is 38.2 Å². The molecule has 0 saturated heterocycles. The number of tetrazole rings is 1. The Morgan fingerprint density at radius 1 is 1.26 bits per heavy atom. The first-order valence-corrected chi connectivity index (χ1v) is 8.92. The normalized spacial score (nSPS) is 13.4. The molecule has 0 radical (unpaired) electrons. The Hall–Kier alpha value is -2.71. The Balaban J connectivity index is 1.67. The van der Waals surface area contributed by atoms with E-state index in [4.69, 9.17) is 27.9 Å². The second-order valence-electron chi connectivity index (χ2n) is 6.03. The number of anilines is 1. The van der Waals surface area contributed by atoms with E-state index in [2.05, 4.69) is 25.8 Å². The molecule has 0 spiro atoms. The van der Waals surface area contributed by atoms with Crippen molar-refractivity contribution < 1.29 is 9.53 Å². The van der Waals surface area contributed by atoms with Crippen molar-refractivity contribution in [1.82, 2.24) is 25.2 Å². The van der Waals surface area contributed by atoms with Crippen LogP contribution in [0.25, 0.3) is 5.69 Å². The molecule has 27 heavy (non-hydrogen) atoms. The monoisotopic (exact) mass is 404 g/mol. The molecular formula is C17H14Cl2N6O2. The van der Waals surface area contributed by atoms with E-state index >= 15 is 0 Å². The number of pyridine rings is 1. The lowest BCUT2D eigenvalue weighted by Gasteiger charge is -2.12. The minimum absolute atomic E-state index is 0.0441. The molecule has 1 saturated carbocycles. The van der Waals surface area contributed by atoms with Crippen LogP contribution in [0, 0.1) is 0 Å². The van der Waals surface area contributed by atoms with Crippen molar-refractivity contribution in [2.24, 2.45) is 0 Å². The summed E-state index contributed by atoms with van der Waals surface area (Å²) in [7, 11) is 1.56. The number of amides is 1. The molecule has 8 nitrogen and oxygen atoms in total. The summed E-state index contributed by atoms with van der Waals surface area (Å²) >= 11 is 11.9. The minimum atomic E-state index is -0.474. The summed E-state index contributed by atoms with van der Waals surface area (Å²) in [6, 6.07) is 8.21. The van der Waals surface area contributed by atoms with Crippen molar-refractivity contribution in [2.75, 3.05) is 12.4 Å².